The van der Waals surface area contributed by atoms with E-state index in [2.05, 4.69) is 0 Å². The van der Waals surface area contributed by atoms with Gasteiger partial charge < -0.3 is 0 Å². The lowest BCUT2D eigenvalue weighted by Gasteiger charge is -2.23. The number of hydrogen-bond acceptors (Lipinski definition) is 5. The Morgan fingerprint density at radius 1 is 1.25 bits per heavy atom. The molecule has 0 saturated carbocycles. The molecule has 1 atom stereocenters. The van der Waals surface area contributed by atoms with E-state index in [1.54, 1.807) is 6.92 Å². The third kappa shape index (κ3) is 3.94. The second-order valence-electron chi connectivity index (χ2n) is 4.24. The summed E-state index contributed by atoms with van der Waals surface area (Å²) >= 11 is 1.49. The average molecular weight is 341 g/mol. The standard InChI is InChI=1S/C11H16FNO4S3/c1-9(8-18-3)13(2)20(16,17)11-6-4-5-10(7-11)19(12,14)15/h4-7,9H,8H2,1-3H3. The highest BCUT2D eigenvalue weighted by atomic mass is 32.3. The van der Waals surface area contributed by atoms with E-state index in [4.69, 9.17) is 0 Å². The summed E-state index contributed by atoms with van der Waals surface area (Å²) in [6.45, 7) is 1.74. The van der Waals surface area contributed by atoms with Gasteiger partial charge >= 0.3 is 10.2 Å². The van der Waals surface area contributed by atoms with Crippen molar-refractivity contribution in [2.45, 2.75) is 22.8 Å². The number of benzene rings is 1. The number of hydrogen-bond donors (Lipinski definition) is 0. The lowest BCUT2D eigenvalue weighted by molar-refractivity contribution is 0.415. The quantitative estimate of drug-likeness (QED) is 0.737. The van der Waals surface area contributed by atoms with E-state index in [1.807, 2.05) is 6.26 Å². The van der Waals surface area contributed by atoms with Gasteiger partial charge in [-0.2, -0.15) is 24.5 Å². The van der Waals surface area contributed by atoms with Crippen molar-refractivity contribution < 1.29 is 20.7 Å². The van der Waals surface area contributed by atoms with Gasteiger partial charge in [-0.3, -0.25) is 0 Å². The van der Waals surface area contributed by atoms with Crippen molar-refractivity contribution in [3.63, 3.8) is 0 Å². The van der Waals surface area contributed by atoms with Crippen molar-refractivity contribution in [3.05, 3.63) is 24.3 Å². The van der Waals surface area contributed by atoms with Crippen LogP contribution in [0.5, 0.6) is 0 Å². The minimum absolute atomic E-state index is 0.244. The van der Waals surface area contributed by atoms with Gasteiger partial charge in [-0.15, -0.1) is 3.89 Å². The molecule has 0 heterocycles. The molecule has 0 aliphatic heterocycles. The molecule has 0 radical (unpaired) electrons. The Balaban J connectivity index is 3.23. The zero-order valence-corrected chi connectivity index (χ0v) is 13.7. The number of sulfonamides is 1. The smallest absolute Gasteiger partial charge is 0.207 e. The van der Waals surface area contributed by atoms with Gasteiger partial charge in [0, 0.05) is 18.8 Å². The maximum absolute atomic E-state index is 12.9. The molecule has 0 amide bonds. The van der Waals surface area contributed by atoms with Gasteiger partial charge in [0.15, 0.2) is 0 Å². The number of rotatable bonds is 6. The van der Waals surface area contributed by atoms with Crippen LogP contribution in [-0.4, -0.2) is 46.2 Å². The van der Waals surface area contributed by atoms with Crippen molar-refractivity contribution in [2.75, 3.05) is 19.1 Å². The lowest BCUT2D eigenvalue weighted by atomic mass is 10.4. The Labute approximate surface area is 123 Å². The van der Waals surface area contributed by atoms with Gasteiger partial charge in [-0.05, 0) is 31.4 Å². The summed E-state index contributed by atoms with van der Waals surface area (Å²) < 4.78 is 60.4. The van der Waals surface area contributed by atoms with Crippen molar-refractivity contribution in [3.8, 4) is 0 Å². The number of thioether (sulfide) groups is 1. The molecule has 0 fully saturated rings. The molecular formula is C11H16FNO4S3. The Bertz CT molecular complexity index is 673. The molecule has 5 nitrogen and oxygen atoms in total. The van der Waals surface area contributed by atoms with E-state index in [0.29, 0.717) is 5.75 Å². The molecule has 0 N–H and O–H groups in total. The third-order valence-corrected chi connectivity index (χ3v) is 6.39. The molecule has 0 aliphatic rings. The van der Waals surface area contributed by atoms with Crippen molar-refractivity contribution in [1.82, 2.24) is 4.31 Å². The Kier molecular flexibility index (Phi) is 5.59. The first-order chi connectivity index (χ1) is 9.10. The summed E-state index contributed by atoms with van der Waals surface area (Å²) in [5, 5.41) is 0. The first-order valence-corrected chi connectivity index (χ1v) is 9.84. The Hall–Kier alpha value is -0.640. The highest BCUT2D eigenvalue weighted by molar-refractivity contribution is 7.98. The summed E-state index contributed by atoms with van der Waals surface area (Å²) in [7, 11) is -7.37. The predicted molar refractivity (Wildman–Crippen MR) is 77.5 cm³/mol. The minimum Gasteiger partial charge on any atom is -0.207 e. The van der Waals surface area contributed by atoms with Gasteiger partial charge in [0.2, 0.25) is 10.0 Å². The van der Waals surface area contributed by atoms with Crippen LogP contribution in [0.3, 0.4) is 0 Å². The van der Waals surface area contributed by atoms with Crippen LogP contribution in [0.25, 0.3) is 0 Å². The van der Waals surface area contributed by atoms with Crippen LogP contribution < -0.4 is 0 Å². The molecule has 114 valence electrons. The normalized spacial score (nSPS) is 14.4. The Morgan fingerprint density at radius 2 is 1.80 bits per heavy atom. The first kappa shape index (κ1) is 17.4. The van der Waals surface area contributed by atoms with E-state index in [1.165, 1.54) is 30.9 Å². The topological polar surface area (TPSA) is 71.5 Å². The summed E-state index contributed by atoms with van der Waals surface area (Å²) in [5.74, 6) is 0.594. The van der Waals surface area contributed by atoms with E-state index in [0.717, 1.165) is 16.4 Å². The summed E-state index contributed by atoms with van der Waals surface area (Å²) in [4.78, 5) is -0.906. The molecule has 20 heavy (non-hydrogen) atoms. The number of nitrogens with zero attached hydrogens (tertiary/aromatic N) is 1. The van der Waals surface area contributed by atoms with Crippen LogP contribution in [0.2, 0.25) is 0 Å². The summed E-state index contributed by atoms with van der Waals surface area (Å²) in [6.07, 6.45) is 1.85. The zero-order chi connectivity index (χ0) is 15.6. The van der Waals surface area contributed by atoms with Crippen LogP contribution in [0.1, 0.15) is 6.92 Å². The fourth-order valence-electron chi connectivity index (χ4n) is 1.54. The van der Waals surface area contributed by atoms with Crippen LogP contribution >= 0.6 is 11.8 Å². The van der Waals surface area contributed by atoms with Gasteiger partial charge in [0.1, 0.15) is 0 Å². The molecule has 0 aromatic heterocycles. The maximum atomic E-state index is 12.9. The molecule has 1 rings (SSSR count). The highest BCUT2D eigenvalue weighted by Gasteiger charge is 2.26. The predicted octanol–water partition coefficient (Wildman–Crippen LogP) is 1.72. The molecule has 0 saturated heterocycles. The van der Waals surface area contributed by atoms with E-state index in [9.17, 15) is 20.7 Å². The number of halogens is 1. The largest absolute Gasteiger partial charge is 0.332 e. The Morgan fingerprint density at radius 3 is 2.30 bits per heavy atom. The monoisotopic (exact) mass is 341 g/mol. The average Bonchev–Trinajstić information content (AvgIpc) is 2.37. The third-order valence-electron chi connectivity index (χ3n) is 2.79. The second kappa shape index (κ2) is 6.42. The van der Waals surface area contributed by atoms with Gasteiger partial charge in [-0.1, -0.05) is 6.07 Å². The van der Waals surface area contributed by atoms with Gasteiger partial charge in [0.05, 0.1) is 9.79 Å². The summed E-state index contributed by atoms with van der Waals surface area (Å²) in [6, 6.07) is 4.02. The fourth-order valence-corrected chi connectivity index (χ4v) is 4.33. The molecule has 0 aliphatic carbocycles. The molecular weight excluding hydrogens is 325 g/mol. The maximum Gasteiger partial charge on any atom is 0.332 e. The molecule has 0 spiro atoms. The SMILES string of the molecule is CSCC(C)N(C)S(=O)(=O)c1cccc(S(=O)(=O)F)c1. The second-order valence-corrected chi connectivity index (χ2v) is 8.49. The van der Waals surface area contributed by atoms with Crippen LogP contribution in [0.15, 0.2) is 34.1 Å². The molecule has 1 unspecified atom stereocenters. The molecule has 1 aromatic rings. The molecule has 1 aromatic carbocycles. The van der Waals surface area contributed by atoms with Crippen LogP contribution in [0, 0.1) is 0 Å². The molecule has 9 heteroatoms. The van der Waals surface area contributed by atoms with Gasteiger partial charge in [-0.25, -0.2) is 8.42 Å². The van der Waals surface area contributed by atoms with Gasteiger partial charge in [0.25, 0.3) is 0 Å². The van der Waals surface area contributed by atoms with Crippen LogP contribution in [-0.2, 0) is 20.2 Å². The van der Waals surface area contributed by atoms with Crippen molar-refractivity contribution in [2.24, 2.45) is 0 Å². The van der Waals surface area contributed by atoms with Crippen molar-refractivity contribution in [1.29, 1.82) is 0 Å². The minimum atomic E-state index is -4.93. The van der Waals surface area contributed by atoms with E-state index in [-0.39, 0.29) is 10.9 Å². The van der Waals surface area contributed by atoms with Crippen LogP contribution in [0.4, 0.5) is 3.89 Å². The first-order valence-electron chi connectivity index (χ1n) is 5.62. The lowest BCUT2D eigenvalue weighted by Crippen LogP contribution is -2.36. The highest BCUT2D eigenvalue weighted by Crippen LogP contribution is 2.22. The molecule has 0 bridgehead atoms. The van der Waals surface area contributed by atoms with E-state index < -0.39 is 25.1 Å². The summed E-state index contributed by atoms with van der Waals surface area (Å²) in [5.41, 5.74) is 0. The van der Waals surface area contributed by atoms with E-state index >= 15 is 0 Å². The van der Waals surface area contributed by atoms with Crippen molar-refractivity contribution >= 4 is 32.0 Å². The fraction of sp³-hybridized carbons (Fsp3) is 0.455. The zero-order valence-electron chi connectivity index (χ0n) is 11.3.